The summed E-state index contributed by atoms with van der Waals surface area (Å²) < 4.78 is 25.6. The first kappa shape index (κ1) is 23.7. The van der Waals surface area contributed by atoms with Gasteiger partial charge in [-0.3, -0.25) is 0 Å². The topological polar surface area (TPSA) is 30.5 Å². The highest BCUT2D eigenvalue weighted by atomic mass is 79.9. The molecule has 0 bridgehead atoms. The average Bonchev–Trinajstić information content (AvgIpc) is 2.62. The Kier molecular flexibility index (Phi) is 11.4. The van der Waals surface area contributed by atoms with Gasteiger partial charge in [-0.15, -0.1) is 12.4 Å². The molecule has 0 aromatic heterocycles. The fourth-order valence-corrected chi connectivity index (χ4v) is 3.20. The summed E-state index contributed by atoms with van der Waals surface area (Å²) in [7, 11) is 0. The SMILES string of the molecule is CCCCCNCc1cc(Br)c(OCc2ccc(F)cc2)c(OCC)c1.Cl. The molecule has 0 radical (unpaired) electrons. The first-order valence-electron chi connectivity index (χ1n) is 9.17. The Balaban J connectivity index is 0.00000364. The Hall–Kier alpha value is -1.30. The van der Waals surface area contributed by atoms with Crippen LogP contribution in [0.3, 0.4) is 0 Å². The van der Waals surface area contributed by atoms with Crippen molar-refractivity contribution in [1.82, 2.24) is 5.32 Å². The summed E-state index contributed by atoms with van der Waals surface area (Å²) >= 11 is 3.59. The fraction of sp³-hybridized carbons (Fsp3) is 0.429. The Morgan fingerprint density at radius 1 is 1.00 bits per heavy atom. The van der Waals surface area contributed by atoms with Crippen molar-refractivity contribution in [3.63, 3.8) is 0 Å². The molecule has 0 amide bonds. The molecule has 0 saturated carbocycles. The van der Waals surface area contributed by atoms with E-state index < -0.39 is 0 Å². The molecule has 0 aliphatic rings. The first-order valence-corrected chi connectivity index (χ1v) is 9.96. The summed E-state index contributed by atoms with van der Waals surface area (Å²) in [4.78, 5) is 0. The normalized spacial score (nSPS) is 10.4. The number of benzene rings is 2. The van der Waals surface area contributed by atoms with E-state index in [2.05, 4.69) is 34.2 Å². The van der Waals surface area contributed by atoms with Gasteiger partial charge in [-0.2, -0.15) is 0 Å². The third-order valence-corrected chi connectivity index (χ3v) is 4.54. The van der Waals surface area contributed by atoms with Crippen LogP contribution in [0.25, 0.3) is 0 Å². The zero-order valence-corrected chi connectivity index (χ0v) is 18.3. The Morgan fingerprint density at radius 3 is 2.41 bits per heavy atom. The lowest BCUT2D eigenvalue weighted by Crippen LogP contribution is -2.15. The summed E-state index contributed by atoms with van der Waals surface area (Å²) in [5, 5.41) is 3.46. The van der Waals surface area contributed by atoms with Crippen LogP contribution in [0.4, 0.5) is 4.39 Å². The van der Waals surface area contributed by atoms with Crippen LogP contribution < -0.4 is 14.8 Å². The molecule has 6 heteroatoms. The second kappa shape index (κ2) is 13.0. The van der Waals surface area contributed by atoms with E-state index in [1.165, 1.54) is 31.4 Å². The highest BCUT2D eigenvalue weighted by Gasteiger charge is 2.12. The van der Waals surface area contributed by atoms with Crippen molar-refractivity contribution in [2.24, 2.45) is 0 Å². The predicted molar refractivity (Wildman–Crippen MR) is 115 cm³/mol. The molecule has 3 nitrogen and oxygen atoms in total. The quantitative estimate of drug-likeness (QED) is 0.401. The number of nitrogens with one attached hydrogen (secondary N) is 1. The van der Waals surface area contributed by atoms with Crippen LogP contribution in [-0.4, -0.2) is 13.2 Å². The second-order valence-corrected chi connectivity index (χ2v) is 6.99. The van der Waals surface area contributed by atoms with E-state index in [1.54, 1.807) is 12.1 Å². The zero-order valence-electron chi connectivity index (χ0n) is 15.9. The molecule has 150 valence electrons. The van der Waals surface area contributed by atoms with E-state index >= 15 is 0 Å². The van der Waals surface area contributed by atoms with E-state index in [0.717, 1.165) is 28.7 Å². The third-order valence-electron chi connectivity index (χ3n) is 3.95. The van der Waals surface area contributed by atoms with Gasteiger partial charge in [-0.25, -0.2) is 4.39 Å². The van der Waals surface area contributed by atoms with Gasteiger partial charge in [0.15, 0.2) is 11.5 Å². The Bertz CT molecular complexity index is 683. The predicted octanol–water partition coefficient (Wildman–Crippen LogP) is 6.27. The lowest BCUT2D eigenvalue weighted by atomic mass is 10.2. The van der Waals surface area contributed by atoms with Gasteiger partial charge in [0.25, 0.3) is 0 Å². The minimum atomic E-state index is -0.249. The first-order chi connectivity index (χ1) is 12.6. The van der Waals surface area contributed by atoms with Crippen LogP contribution >= 0.6 is 28.3 Å². The van der Waals surface area contributed by atoms with Crippen molar-refractivity contribution in [2.45, 2.75) is 46.3 Å². The molecular weight excluding hydrogens is 433 g/mol. The monoisotopic (exact) mass is 459 g/mol. The zero-order chi connectivity index (χ0) is 18.8. The molecule has 0 saturated heterocycles. The van der Waals surface area contributed by atoms with Gasteiger partial charge in [-0.05, 0) is 71.2 Å². The smallest absolute Gasteiger partial charge is 0.175 e. The summed E-state index contributed by atoms with van der Waals surface area (Å²) in [5.74, 6) is 1.14. The van der Waals surface area contributed by atoms with E-state index in [0.29, 0.717) is 24.7 Å². The van der Waals surface area contributed by atoms with Gasteiger partial charge < -0.3 is 14.8 Å². The maximum atomic E-state index is 13.0. The molecule has 0 atom stereocenters. The molecule has 0 fully saturated rings. The van der Waals surface area contributed by atoms with E-state index in [1.807, 2.05) is 13.0 Å². The highest BCUT2D eigenvalue weighted by Crippen LogP contribution is 2.37. The fourth-order valence-electron chi connectivity index (χ4n) is 2.60. The lowest BCUT2D eigenvalue weighted by molar-refractivity contribution is 0.267. The highest BCUT2D eigenvalue weighted by molar-refractivity contribution is 9.10. The van der Waals surface area contributed by atoms with E-state index in [9.17, 15) is 4.39 Å². The van der Waals surface area contributed by atoms with Crippen LogP contribution in [0.15, 0.2) is 40.9 Å². The van der Waals surface area contributed by atoms with Crippen LogP contribution in [0.1, 0.15) is 44.2 Å². The van der Waals surface area contributed by atoms with Gasteiger partial charge >= 0.3 is 0 Å². The maximum absolute atomic E-state index is 13.0. The number of halogens is 3. The molecule has 2 aromatic rings. The summed E-state index contributed by atoms with van der Waals surface area (Å²) in [6, 6.07) is 10.4. The molecule has 0 aliphatic heterocycles. The largest absolute Gasteiger partial charge is 0.490 e. The van der Waals surface area contributed by atoms with Crippen LogP contribution in [0, 0.1) is 5.82 Å². The average molecular weight is 461 g/mol. The minimum absolute atomic E-state index is 0. The number of ether oxygens (including phenoxy) is 2. The van der Waals surface area contributed by atoms with Gasteiger partial charge in [0.1, 0.15) is 12.4 Å². The molecule has 0 aliphatic carbocycles. The minimum Gasteiger partial charge on any atom is -0.490 e. The molecule has 0 heterocycles. The van der Waals surface area contributed by atoms with Crippen molar-refractivity contribution in [2.75, 3.05) is 13.2 Å². The standard InChI is InChI=1S/C21H27BrFNO2.ClH/c1-3-5-6-11-24-14-17-12-19(22)21(20(13-17)25-4-2)26-15-16-7-9-18(23)10-8-16;/h7-10,12-13,24H,3-6,11,14-15H2,1-2H3;1H. The molecule has 2 aromatic carbocycles. The number of hydrogen-bond donors (Lipinski definition) is 1. The maximum Gasteiger partial charge on any atom is 0.175 e. The number of rotatable bonds is 11. The Morgan fingerprint density at radius 2 is 1.74 bits per heavy atom. The molecule has 0 spiro atoms. The summed E-state index contributed by atoms with van der Waals surface area (Å²) in [6.07, 6.45) is 3.66. The summed E-state index contributed by atoms with van der Waals surface area (Å²) in [5.41, 5.74) is 2.05. The van der Waals surface area contributed by atoms with Crippen molar-refractivity contribution in [3.8, 4) is 11.5 Å². The molecular formula is C21H28BrClFNO2. The molecule has 1 N–H and O–H groups in total. The summed E-state index contributed by atoms with van der Waals surface area (Å²) in [6.45, 7) is 6.88. The van der Waals surface area contributed by atoms with Crippen molar-refractivity contribution < 1.29 is 13.9 Å². The van der Waals surface area contributed by atoms with Crippen LogP contribution in [0.5, 0.6) is 11.5 Å². The van der Waals surface area contributed by atoms with E-state index in [-0.39, 0.29) is 18.2 Å². The van der Waals surface area contributed by atoms with Crippen molar-refractivity contribution in [1.29, 1.82) is 0 Å². The third kappa shape index (κ3) is 8.08. The van der Waals surface area contributed by atoms with Crippen molar-refractivity contribution in [3.05, 3.63) is 57.8 Å². The molecule has 0 unspecified atom stereocenters. The molecule has 2 rings (SSSR count). The van der Waals surface area contributed by atoms with Gasteiger partial charge in [0, 0.05) is 6.54 Å². The van der Waals surface area contributed by atoms with Crippen LogP contribution in [-0.2, 0) is 13.2 Å². The van der Waals surface area contributed by atoms with Crippen LogP contribution in [0.2, 0.25) is 0 Å². The van der Waals surface area contributed by atoms with E-state index in [4.69, 9.17) is 9.47 Å². The number of unbranched alkanes of at least 4 members (excludes halogenated alkanes) is 2. The van der Waals surface area contributed by atoms with Gasteiger partial charge in [-0.1, -0.05) is 31.9 Å². The van der Waals surface area contributed by atoms with Gasteiger partial charge in [0.05, 0.1) is 11.1 Å². The molecule has 27 heavy (non-hydrogen) atoms. The van der Waals surface area contributed by atoms with Gasteiger partial charge in [0.2, 0.25) is 0 Å². The Labute approximate surface area is 176 Å². The lowest BCUT2D eigenvalue weighted by Gasteiger charge is -2.16. The number of hydrogen-bond acceptors (Lipinski definition) is 3. The second-order valence-electron chi connectivity index (χ2n) is 6.14. The van der Waals surface area contributed by atoms with Crippen molar-refractivity contribution >= 4 is 28.3 Å².